The summed E-state index contributed by atoms with van der Waals surface area (Å²) in [5.41, 5.74) is 1.40. The summed E-state index contributed by atoms with van der Waals surface area (Å²) in [6.07, 6.45) is 8.52. The molecule has 1 fully saturated rings. The molecule has 0 aliphatic carbocycles. The van der Waals surface area contributed by atoms with E-state index in [1.165, 1.54) is 5.56 Å². The lowest BCUT2D eigenvalue weighted by Gasteiger charge is -2.30. The molecule has 1 saturated heterocycles. The molecule has 3 rings (SSSR count). The Labute approximate surface area is 119 Å². The zero-order valence-electron chi connectivity index (χ0n) is 11.5. The Morgan fingerprint density at radius 3 is 2.60 bits per heavy atom. The number of aromatic nitrogens is 2. The first-order chi connectivity index (χ1) is 9.83. The van der Waals surface area contributed by atoms with Crippen molar-refractivity contribution in [2.75, 3.05) is 13.1 Å². The van der Waals surface area contributed by atoms with E-state index in [2.05, 4.69) is 35.3 Å². The van der Waals surface area contributed by atoms with Gasteiger partial charge in [0.1, 0.15) is 12.4 Å². The van der Waals surface area contributed by atoms with Crippen LogP contribution >= 0.6 is 0 Å². The Kier molecular flexibility index (Phi) is 3.81. The largest absolute Gasteiger partial charge is 0.415 e. The average Bonchev–Trinajstić information content (AvgIpc) is 3.03. The van der Waals surface area contributed by atoms with Crippen LogP contribution in [0.5, 0.6) is 0 Å². The molecule has 20 heavy (non-hydrogen) atoms. The summed E-state index contributed by atoms with van der Waals surface area (Å²) in [5.74, 6) is 0.692. The van der Waals surface area contributed by atoms with Crippen molar-refractivity contribution in [2.45, 2.75) is 19.3 Å². The number of carbonyl (C=O) groups excluding carboxylic acids is 1. The molecule has 0 unspecified atom stereocenters. The van der Waals surface area contributed by atoms with E-state index in [1.807, 2.05) is 4.90 Å². The zero-order chi connectivity index (χ0) is 13.8. The third kappa shape index (κ3) is 2.90. The van der Waals surface area contributed by atoms with E-state index < -0.39 is 0 Å². The van der Waals surface area contributed by atoms with Crippen LogP contribution in [0.1, 0.15) is 18.4 Å². The number of piperidine rings is 1. The predicted molar refractivity (Wildman–Crippen MR) is 76.2 cm³/mol. The lowest BCUT2D eigenvalue weighted by atomic mass is 9.90. The number of nitrogens with one attached hydrogen (secondary N) is 1. The van der Waals surface area contributed by atoms with E-state index >= 15 is 0 Å². The van der Waals surface area contributed by atoms with Crippen LogP contribution in [0, 0.1) is 5.92 Å². The van der Waals surface area contributed by atoms with Gasteiger partial charge in [-0.3, -0.25) is 0 Å². The van der Waals surface area contributed by atoms with Crippen molar-refractivity contribution < 1.29 is 9.78 Å². The Morgan fingerprint density at radius 2 is 1.95 bits per heavy atom. The number of rotatable bonds is 2. The first-order valence-electron chi connectivity index (χ1n) is 7.20. The minimum atomic E-state index is 0.0735. The minimum absolute atomic E-state index is 0.0735. The number of H-pyrrole nitrogens is 1. The van der Waals surface area contributed by atoms with Crippen LogP contribution in [0.2, 0.25) is 0 Å². The number of hydrogen-bond donors (Lipinski definition) is 0. The van der Waals surface area contributed by atoms with E-state index in [0.717, 1.165) is 32.4 Å². The molecule has 1 aliphatic rings. The number of likely N-dealkylation sites (tertiary alicyclic amines) is 1. The monoisotopic (exact) mass is 270 g/mol. The first-order valence-corrected chi connectivity index (χ1v) is 7.20. The fourth-order valence-electron chi connectivity index (χ4n) is 2.85. The summed E-state index contributed by atoms with van der Waals surface area (Å²) < 4.78 is 1.61. The van der Waals surface area contributed by atoms with Gasteiger partial charge in [0.2, 0.25) is 0 Å². The van der Waals surface area contributed by atoms with E-state index in [9.17, 15) is 4.79 Å². The van der Waals surface area contributed by atoms with Crippen LogP contribution in [-0.2, 0) is 6.42 Å². The summed E-state index contributed by atoms with van der Waals surface area (Å²) >= 11 is 0. The van der Waals surface area contributed by atoms with Gasteiger partial charge in [0.05, 0.1) is 0 Å². The van der Waals surface area contributed by atoms with Gasteiger partial charge in [-0.25, -0.2) is 9.78 Å². The standard InChI is InChI=1S/C16H19N3O/c20-16(19-11-8-17-13-19)18-9-6-15(7-10-18)12-14-4-2-1-3-5-14/h1-5,8,11,13,15H,6-7,9-10,12H2/p+1. The maximum Gasteiger partial charge on any atom is 0.415 e. The average molecular weight is 270 g/mol. The second-order valence-corrected chi connectivity index (χ2v) is 5.42. The third-order valence-electron chi connectivity index (χ3n) is 4.02. The van der Waals surface area contributed by atoms with Crippen molar-refractivity contribution in [1.29, 1.82) is 0 Å². The number of carbonyl (C=O) groups is 1. The molecule has 4 heteroatoms. The fourth-order valence-corrected chi connectivity index (χ4v) is 2.85. The van der Waals surface area contributed by atoms with Crippen LogP contribution in [-0.4, -0.2) is 28.6 Å². The molecule has 1 amide bonds. The van der Waals surface area contributed by atoms with Gasteiger partial charge >= 0.3 is 6.03 Å². The number of nitrogens with zero attached hydrogens (tertiary/aromatic N) is 2. The molecule has 0 radical (unpaired) electrons. The molecule has 0 spiro atoms. The zero-order valence-corrected chi connectivity index (χ0v) is 11.5. The lowest BCUT2D eigenvalue weighted by Crippen LogP contribution is -2.41. The maximum absolute atomic E-state index is 12.2. The highest BCUT2D eigenvalue weighted by molar-refractivity contribution is 5.76. The number of imidazole rings is 1. The highest BCUT2D eigenvalue weighted by Gasteiger charge is 2.26. The molecular weight excluding hydrogens is 250 g/mol. The fraction of sp³-hybridized carbons (Fsp3) is 0.375. The van der Waals surface area contributed by atoms with Crippen molar-refractivity contribution >= 4 is 6.03 Å². The van der Waals surface area contributed by atoms with Gasteiger partial charge in [0, 0.05) is 13.1 Å². The third-order valence-corrected chi connectivity index (χ3v) is 4.02. The van der Waals surface area contributed by atoms with E-state index in [1.54, 1.807) is 23.3 Å². The van der Waals surface area contributed by atoms with E-state index in [-0.39, 0.29) is 6.03 Å². The first kappa shape index (κ1) is 12.9. The topological polar surface area (TPSA) is 39.4 Å². The maximum atomic E-state index is 12.2. The molecule has 1 aromatic carbocycles. The molecule has 4 nitrogen and oxygen atoms in total. The van der Waals surface area contributed by atoms with Gasteiger partial charge in [-0.1, -0.05) is 30.3 Å². The summed E-state index contributed by atoms with van der Waals surface area (Å²) in [6.45, 7) is 1.71. The second kappa shape index (κ2) is 5.90. The van der Waals surface area contributed by atoms with Crippen LogP contribution in [0.15, 0.2) is 49.1 Å². The Bertz CT molecular complexity index is 542. The highest BCUT2D eigenvalue weighted by atomic mass is 16.2. The molecule has 2 heterocycles. The van der Waals surface area contributed by atoms with Crippen LogP contribution in [0.4, 0.5) is 4.79 Å². The van der Waals surface area contributed by atoms with Gasteiger partial charge in [0.25, 0.3) is 6.33 Å². The van der Waals surface area contributed by atoms with Crippen LogP contribution < -0.4 is 4.98 Å². The van der Waals surface area contributed by atoms with Crippen LogP contribution in [0.25, 0.3) is 0 Å². The molecule has 1 N–H and O–H groups in total. The van der Waals surface area contributed by atoms with Crippen molar-refractivity contribution in [3.05, 3.63) is 54.6 Å². The van der Waals surface area contributed by atoms with Gasteiger partial charge in [0.15, 0.2) is 0 Å². The van der Waals surface area contributed by atoms with Crippen molar-refractivity contribution in [3.8, 4) is 0 Å². The predicted octanol–water partition coefficient (Wildman–Crippen LogP) is 2.23. The molecule has 0 atom stereocenters. The SMILES string of the molecule is O=C(N1CCC(Cc2ccccc2)CC1)n1cc[nH+]c1. The number of hydrogen-bond acceptors (Lipinski definition) is 1. The van der Waals surface area contributed by atoms with Gasteiger partial charge < -0.3 is 4.90 Å². The number of amides is 1. The minimum Gasteiger partial charge on any atom is -0.304 e. The summed E-state index contributed by atoms with van der Waals surface area (Å²) in [6, 6.07) is 10.7. The van der Waals surface area contributed by atoms with Crippen molar-refractivity contribution in [3.63, 3.8) is 0 Å². The molecular formula is C16H20N3O+. The smallest absolute Gasteiger partial charge is 0.304 e. The van der Waals surface area contributed by atoms with Crippen molar-refractivity contribution in [2.24, 2.45) is 5.92 Å². The van der Waals surface area contributed by atoms with Gasteiger partial charge in [-0.15, -0.1) is 0 Å². The summed E-state index contributed by atoms with van der Waals surface area (Å²) in [4.78, 5) is 17.0. The molecule has 0 saturated carbocycles. The van der Waals surface area contributed by atoms with E-state index in [0.29, 0.717) is 5.92 Å². The Hall–Kier alpha value is -2.10. The quantitative estimate of drug-likeness (QED) is 0.824. The summed E-state index contributed by atoms with van der Waals surface area (Å²) in [5, 5.41) is 0. The Morgan fingerprint density at radius 1 is 1.20 bits per heavy atom. The normalized spacial score (nSPS) is 16.3. The summed E-state index contributed by atoms with van der Waals surface area (Å²) in [7, 11) is 0. The Balaban J connectivity index is 1.53. The molecule has 104 valence electrons. The number of aromatic amines is 1. The highest BCUT2D eigenvalue weighted by Crippen LogP contribution is 2.22. The molecule has 1 aliphatic heterocycles. The molecule has 0 bridgehead atoms. The van der Waals surface area contributed by atoms with Gasteiger partial charge in [-0.2, -0.15) is 4.57 Å². The van der Waals surface area contributed by atoms with Crippen molar-refractivity contribution in [1.82, 2.24) is 9.47 Å². The lowest BCUT2D eigenvalue weighted by molar-refractivity contribution is -0.376. The second-order valence-electron chi connectivity index (χ2n) is 5.42. The number of benzene rings is 1. The molecule has 1 aromatic heterocycles. The van der Waals surface area contributed by atoms with Gasteiger partial charge in [-0.05, 0) is 30.7 Å². The van der Waals surface area contributed by atoms with E-state index in [4.69, 9.17) is 0 Å². The molecule has 2 aromatic rings. The van der Waals surface area contributed by atoms with Crippen LogP contribution in [0.3, 0.4) is 0 Å².